The van der Waals surface area contributed by atoms with Crippen LogP contribution in [-0.2, 0) is 0 Å². The molecule has 0 aliphatic rings. The van der Waals surface area contributed by atoms with E-state index >= 15 is 0 Å². The third-order valence-corrected chi connectivity index (χ3v) is 4.01. The molecular formula is C20H22N2O2. The molecule has 0 radical (unpaired) electrons. The maximum atomic E-state index is 12.3. The monoisotopic (exact) mass is 322 g/mol. The van der Waals surface area contributed by atoms with E-state index in [1.165, 1.54) is 19.3 Å². The lowest BCUT2D eigenvalue weighted by atomic mass is 10.1. The predicted molar refractivity (Wildman–Crippen MR) is 97.4 cm³/mol. The highest BCUT2D eigenvalue weighted by molar-refractivity contribution is 5.80. The molecule has 1 N–H and O–H groups in total. The Hall–Kier alpha value is -2.62. The number of ether oxygens (including phenoxy) is 1. The minimum Gasteiger partial charge on any atom is -0.493 e. The van der Waals surface area contributed by atoms with E-state index in [0.717, 1.165) is 17.7 Å². The summed E-state index contributed by atoms with van der Waals surface area (Å²) in [5.41, 5.74) is 1.37. The summed E-state index contributed by atoms with van der Waals surface area (Å²) >= 11 is 0. The summed E-state index contributed by atoms with van der Waals surface area (Å²) in [7, 11) is 0. The Balaban J connectivity index is 1.88. The van der Waals surface area contributed by atoms with Crippen molar-refractivity contribution in [1.82, 2.24) is 9.97 Å². The van der Waals surface area contributed by atoms with Gasteiger partial charge in [-0.15, -0.1) is 0 Å². The third kappa shape index (κ3) is 3.65. The van der Waals surface area contributed by atoms with Crippen molar-refractivity contribution < 1.29 is 4.74 Å². The van der Waals surface area contributed by atoms with Gasteiger partial charge in [0.1, 0.15) is 11.6 Å². The third-order valence-electron chi connectivity index (χ3n) is 4.01. The second kappa shape index (κ2) is 7.77. The van der Waals surface area contributed by atoms with Crippen LogP contribution in [0.1, 0.15) is 32.6 Å². The van der Waals surface area contributed by atoms with Gasteiger partial charge in [0.15, 0.2) is 0 Å². The van der Waals surface area contributed by atoms with Crippen molar-refractivity contribution in [1.29, 1.82) is 0 Å². The molecule has 0 bridgehead atoms. The summed E-state index contributed by atoms with van der Waals surface area (Å²) in [6.45, 7) is 2.87. The van der Waals surface area contributed by atoms with Crippen LogP contribution in [0.2, 0.25) is 0 Å². The molecule has 1 aromatic heterocycles. The van der Waals surface area contributed by atoms with Crippen LogP contribution in [0.5, 0.6) is 5.75 Å². The van der Waals surface area contributed by atoms with Crippen LogP contribution in [-0.4, -0.2) is 16.6 Å². The minimum absolute atomic E-state index is 0.131. The number of nitrogens with zero attached hydrogens (tertiary/aromatic N) is 1. The largest absolute Gasteiger partial charge is 0.493 e. The lowest BCUT2D eigenvalue weighted by Gasteiger charge is -2.11. The number of hydrogen-bond acceptors (Lipinski definition) is 3. The van der Waals surface area contributed by atoms with Gasteiger partial charge >= 0.3 is 0 Å². The summed E-state index contributed by atoms with van der Waals surface area (Å²) in [4.78, 5) is 19.7. The summed E-state index contributed by atoms with van der Waals surface area (Å²) in [6, 6.07) is 15.1. The molecule has 124 valence electrons. The molecule has 1 heterocycles. The van der Waals surface area contributed by atoms with Gasteiger partial charge in [0, 0.05) is 0 Å². The Labute approximate surface area is 141 Å². The fourth-order valence-electron chi connectivity index (χ4n) is 2.71. The molecule has 4 nitrogen and oxygen atoms in total. The standard InChI is InChI=1S/C20H22N2O2/c1-2-3-4-9-14-24-18-13-8-6-11-16(18)19-21-17-12-7-5-10-15(17)20(23)22-19/h5-8,10-13H,2-4,9,14H2,1H3,(H,21,22,23). The molecule has 0 aliphatic heterocycles. The fourth-order valence-corrected chi connectivity index (χ4v) is 2.71. The van der Waals surface area contributed by atoms with E-state index in [1.807, 2.05) is 42.5 Å². The van der Waals surface area contributed by atoms with Crippen LogP contribution >= 0.6 is 0 Å². The number of aromatic amines is 1. The second-order valence-corrected chi connectivity index (χ2v) is 5.84. The number of H-pyrrole nitrogens is 1. The Kier molecular flexibility index (Phi) is 5.26. The van der Waals surface area contributed by atoms with Crippen molar-refractivity contribution in [2.45, 2.75) is 32.6 Å². The molecule has 0 spiro atoms. The summed E-state index contributed by atoms with van der Waals surface area (Å²) in [5, 5.41) is 0.596. The Morgan fingerprint density at radius 1 is 1.00 bits per heavy atom. The van der Waals surface area contributed by atoms with E-state index in [4.69, 9.17) is 4.74 Å². The first-order valence-corrected chi connectivity index (χ1v) is 8.51. The zero-order valence-electron chi connectivity index (χ0n) is 13.9. The fraction of sp³-hybridized carbons (Fsp3) is 0.300. The average Bonchev–Trinajstić information content (AvgIpc) is 2.62. The summed E-state index contributed by atoms with van der Waals surface area (Å²) in [6.07, 6.45) is 4.64. The maximum Gasteiger partial charge on any atom is 0.259 e. The second-order valence-electron chi connectivity index (χ2n) is 5.84. The lowest BCUT2D eigenvalue weighted by molar-refractivity contribution is 0.306. The van der Waals surface area contributed by atoms with Crippen molar-refractivity contribution in [2.24, 2.45) is 0 Å². The SMILES string of the molecule is CCCCCCOc1ccccc1-c1nc2ccccc2c(=O)[nH]1. The normalized spacial score (nSPS) is 10.9. The summed E-state index contributed by atoms with van der Waals surface area (Å²) in [5.74, 6) is 1.30. The van der Waals surface area contributed by atoms with E-state index in [1.54, 1.807) is 6.07 Å². The van der Waals surface area contributed by atoms with Crippen molar-refractivity contribution in [3.05, 3.63) is 58.9 Å². The first-order chi connectivity index (χ1) is 11.8. The van der Waals surface area contributed by atoms with Crippen LogP contribution < -0.4 is 10.3 Å². The maximum absolute atomic E-state index is 12.3. The molecule has 0 amide bonds. The Bertz CT molecular complexity index is 871. The number of fused-ring (bicyclic) bond motifs is 1. The average molecular weight is 322 g/mol. The molecule has 3 rings (SSSR count). The van der Waals surface area contributed by atoms with Crippen molar-refractivity contribution in [3.63, 3.8) is 0 Å². The smallest absolute Gasteiger partial charge is 0.259 e. The molecule has 0 saturated carbocycles. The Morgan fingerprint density at radius 2 is 1.79 bits per heavy atom. The number of benzene rings is 2. The summed E-state index contributed by atoms with van der Waals surface area (Å²) < 4.78 is 5.93. The lowest BCUT2D eigenvalue weighted by Crippen LogP contribution is -2.10. The van der Waals surface area contributed by atoms with Gasteiger partial charge in [-0.05, 0) is 30.7 Å². The molecule has 3 aromatic rings. The first kappa shape index (κ1) is 16.2. The number of nitrogens with one attached hydrogen (secondary N) is 1. The van der Waals surface area contributed by atoms with E-state index in [2.05, 4.69) is 16.9 Å². The number of unbranched alkanes of at least 4 members (excludes halogenated alkanes) is 3. The highest BCUT2D eigenvalue weighted by atomic mass is 16.5. The highest BCUT2D eigenvalue weighted by Gasteiger charge is 2.10. The van der Waals surface area contributed by atoms with E-state index in [0.29, 0.717) is 23.3 Å². The molecule has 0 saturated heterocycles. The van der Waals surface area contributed by atoms with Gasteiger partial charge in [0.2, 0.25) is 0 Å². The molecule has 0 atom stereocenters. The van der Waals surface area contributed by atoms with Gasteiger partial charge in [-0.3, -0.25) is 4.79 Å². The molecule has 0 aliphatic carbocycles. The molecule has 0 fully saturated rings. The van der Waals surface area contributed by atoms with Gasteiger partial charge in [0.05, 0.1) is 23.1 Å². The Morgan fingerprint density at radius 3 is 2.67 bits per heavy atom. The van der Waals surface area contributed by atoms with Crippen molar-refractivity contribution in [2.75, 3.05) is 6.61 Å². The number of aromatic nitrogens is 2. The van der Waals surface area contributed by atoms with Crippen LogP contribution in [0.15, 0.2) is 53.3 Å². The van der Waals surface area contributed by atoms with Crippen LogP contribution in [0, 0.1) is 0 Å². The topological polar surface area (TPSA) is 55.0 Å². The van der Waals surface area contributed by atoms with Crippen LogP contribution in [0.3, 0.4) is 0 Å². The zero-order valence-corrected chi connectivity index (χ0v) is 13.9. The van der Waals surface area contributed by atoms with E-state index < -0.39 is 0 Å². The number of para-hydroxylation sites is 2. The van der Waals surface area contributed by atoms with Gasteiger partial charge in [-0.25, -0.2) is 4.98 Å². The van der Waals surface area contributed by atoms with Crippen molar-refractivity contribution >= 4 is 10.9 Å². The van der Waals surface area contributed by atoms with E-state index in [-0.39, 0.29) is 5.56 Å². The first-order valence-electron chi connectivity index (χ1n) is 8.51. The predicted octanol–water partition coefficient (Wildman–Crippen LogP) is 4.55. The molecular weight excluding hydrogens is 300 g/mol. The number of rotatable bonds is 7. The molecule has 24 heavy (non-hydrogen) atoms. The molecule has 4 heteroatoms. The van der Waals surface area contributed by atoms with Gasteiger partial charge in [0.25, 0.3) is 5.56 Å². The van der Waals surface area contributed by atoms with Gasteiger partial charge in [-0.1, -0.05) is 50.5 Å². The number of hydrogen-bond donors (Lipinski definition) is 1. The highest BCUT2D eigenvalue weighted by Crippen LogP contribution is 2.27. The van der Waals surface area contributed by atoms with Crippen LogP contribution in [0.25, 0.3) is 22.3 Å². The van der Waals surface area contributed by atoms with Crippen LogP contribution in [0.4, 0.5) is 0 Å². The molecule has 0 unspecified atom stereocenters. The minimum atomic E-state index is -0.131. The quantitative estimate of drug-likeness (QED) is 0.649. The zero-order chi connectivity index (χ0) is 16.8. The van der Waals surface area contributed by atoms with Gasteiger partial charge < -0.3 is 9.72 Å². The van der Waals surface area contributed by atoms with Gasteiger partial charge in [-0.2, -0.15) is 0 Å². The molecule has 2 aromatic carbocycles. The van der Waals surface area contributed by atoms with E-state index in [9.17, 15) is 4.79 Å². The van der Waals surface area contributed by atoms with Crippen molar-refractivity contribution in [3.8, 4) is 17.1 Å².